The summed E-state index contributed by atoms with van der Waals surface area (Å²) in [5.41, 5.74) is 1.54. The molecule has 7 nitrogen and oxygen atoms in total. The average molecular weight is 350 g/mol. The molecule has 2 atom stereocenters. The Balaban J connectivity index is 1.95. The number of nitro groups is 1. The van der Waals surface area contributed by atoms with E-state index >= 15 is 0 Å². The molecule has 1 aromatic carbocycles. The molecule has 0 amide bonds. The second-order valence-electron chi connectivity index (χ2n) is 7.44. The molecule has 2 N–H and O–H groups in total. The van der Waals surface area contributed by atoms with Gasteiger partial charge in [-0.05, 0) is 39.3 Å². The van der Waals surface area contributed by atoms with Gasteiger partial charge in [-0.1, -0.05) is 6.07 Å². The Morgan fingerprint density at radius 3 is 2.52 bits per heavy atom. The molecular weight excluding hydrogens is 320 g/mol. The van der Waals surface area contributed by atoms with Gasteiger partial charge in [-0.15, -0.1) is 0 Å². The minimum atomic E-state index is -0.351. The molecule has 0 radical (unpaired) electrons. The number of benzene rings is 1. The summed E-state index contributed by atoms with van der Waals surface area (Å²) in [5, 5.41) is 17.5. The predicted octanol–water partition coefficient (Wildman–Crippen LogP) is 2.61. The second kappa shape index (κ2) is 8.12. The summed E-state index contributed by atoms with van der Waals surface area (Å²) >= 11 is 0. The number of morpholine rings is 1. The molecule has 0 spiro atoms. The molecule has 1 heterocycles. The fraction of sp³-hybridized carbons (Fsp3) is 0.667. The lowest BCUT2D eigenvalue weighted by Crippen LogP contribution is -2.58. The average Bonchev–Trinajstić information content (AvgIpc) is 2.53. The maximum Gasteiger partial charge on any atom is 0.292 e. The summed E-state index contributed by atoms with van der Waals surface area (Å²) in [6.45, 7) is 11.9. The van der Waals surface area contributed by atoms with E-state index in [0.717, 1.165) is 25.2 Å². The molecule has 0 bridgehead atoms. The van der Waals surface area contributed by atoms with Gasteiger partial charge in [-0.25, -0.2) is 0 Å². The first-order valence-corrected chi connectivity index (χ1v) is 8.79. The normalized spacial score (nSPS) is 22.0. The Kier molecular flexibility index (Phi) is 6.37. The number of ether oxygens (including phenoxy) is 1. The van der Waals surface area contributed by atoms with E-state index in [1.54, 1.807) is 19.2 Å². The second-order valence-corrected chi connectivity index (χ2v) is 7.44. The van der Waals surface area contributed by atoms with Crippen molar-refractivity contribution in [3.8, 4) is 0 Å². The molecule has 1 aromatic rings. The van der Waals surface area contributed by atoms with Crippen LogP contribution in [0.1, 0.15) is 33.3 Å². The van der Waals surface area contributed by atoms with Crippen molar-refractivity contribution in [2.24, 2.45) is 0 Å². The lowest BCUT2D eigenvalue weighted by molar-refractivity contribution is -0.384. The lowest BCUT2D eigenvalue weighted by Gasteiger charge is -2.45. The van der Waals surface area contributed by atoms with Crippen molar-refractivity contribution in [1.82, 2.24) is 10.2 Å². The number of rotatable bonds is 7. The van der Waals surface area contributed by atoms with Gasteiger partial charge >= 0.3 is 0 Å². The third-order valence-corrected chi connectivity index (χ3v) is 4.69. The van der Waals surface area contributed by atoms with Crippen molar-refractivity contribution in [1.29, 1.82) is 0 Å². The first-order chi connectivity index (χ1) is 11.7. The molecule has 25 heavy (non-hydrogen) atoms. The van der Waals surface area contributed by atoms with Gasteiger partial charge in [0.1, 0.15) is 5.69 Å². The zero-order valence-corrected chi connectivity index (χ0v) is 15.8. The molecule has 0 saturated carbocycles. The monoisotopic (exact) mass is 350 g/mol. The van der Waals surface area contributed by atoms with E-state index in [0.29, 0.717) is 12.2 Å². The van der Waals surface area contributed by atoms with Gasteiger partial charge in [0.15, 0.2) is 0 Å². The fourth-order valence-corrected chi connectivity index (χ4v) is 3.35. The molecule has 1 aliphatic heterocycles. The largest absolute Gasteiger partial charge is 0.383 e. The molecule has 1 fully saturated rings. The minimum absolute atomic E-state index is 0.0108. The molecular formula is C18H30N4O3. The Bertz CT molecular complexity index is 596. The minimum Gasteiger partial charge on any atom is -0.383 e. The van der Waals surface area contributed by atoms with E-state index in [4.69, 9.17) is 4.74 Å². The fourth-order valence-electron chi connectivity index (χ4n) is 3.35. The maximum atomic E-state index is 11.2. The lowest BCUT2D eigenvalue weighted by atomic mass is 10.00. The number of hydrogen-bond donors (Lipinski definition) is 2. The molecule has 1 saturated heterocycles. The summed E-state index contributed by atoms with van der Waals surface area (Å²) in [4.78, 5) is 13.3. The zero-order valence-electron chi connectivity index (χ0n) is 15.8. The van der Waals surface area contributed by atoms with Crippen LogP contribution in [0.25, 0.3) is 0 Å². The number of anilines is 1. The van der Waals surface area contributed by atoms with Crippen LogP contribution in [0.15, 0.2) is 18.2 Å². The van der Waals surface area contributed by atoms with E-state index < -0.39 is 0 Å². The highest BCUT2D eigenvalue weighted by atomic mass is 16.6. The maximum absolute atomic E-state index is 11.2. The third kappa shape index (κ3) is 5.14. The van der Waals surface area contributed by atoms with E-state index in [-0.39, 0.29) is 28.4 Å². The van der Waals surface area contributed by atoms with Crippen molar-refractivity contribution < 1.29 is 9.66 Å². The Hall–Kier alpha value is -1.70. The molecule has 140 valence electrons. The highest BCUT2D eigenvalue weighted by Crippen LogP contribution is 2.25. The predicted molar refractivity (Wildman–Crippen MR) is 100 cm³/mol. The van der Waals surface area contributed by atoms with Crippen molar-refractivity contribution in [3.05, 3.63) is 33.9 Å². The van der Waals surface area contributed by atoms with Crippen LogP contribution in [-0.4, -0.2) is 54.3 Å². The van der Waals surface area contributed by atoms with Gasteiger partial charge in [-0.3, -0.25) is 15.0 Å². The van der Waals surface area contributed by atoms with Crippen molar-refractivity contribution in [3.63, 3.8) is 0 Å². The highest BCUT2D eigenvalue weighted by Gasteiger charge is 2.32. The summed E-state index contributed by atoms with van der Waals surface area (Å²) in [5.74, 6) is 0. The van der Waals surface area contributed by atoms with Gasteiger partial charge in [-0.2, -0.15) is 0 Å². The zero-order chi connectivity index (χ0) is 18.6. The first kappa shape index (κ1) is 19.6. The number of nitrogens with zero attached hydrogens (tertiary/aromatic N) is 2. The van der Waals surface area contributed by atoms with Gasteiger partial charge in [0.05, 0.1) is 17.1 Å². The summed E-state index contributed by atoms with van der Waals surface area (Å²) in [6, 6.07) is 5.30. The molecule has 0 aromatic heterocycles. The molecule has 1 aliphatic rings. The molecule has 7 heteroatoms. The smallest absolute Gasteiger partial charge is 0.292 e. The van der Waals surface area contributed by atoms with Crippen LogP contribution in [0.5, 0.6) is 0 Å². The number of nitro benzene ring substituents is 1. The van der Waals surface area contributed by atoms with Crippen LogP contribution in [0.3, 0.4) is 0 Å². The number of hydrogen-bond acceptors (Lipinski definition) is 6. The Morgan fingerprint density at radius 2 is 1.96 bits per heavy atom. The molecule has 0 aliphatic carbocycles. The van der Waals surface area contributed by atoms with E-state index in [1.165, 1.54) is 0 Å². The Labute approximate surface area is 149 Å². The Morgan fingerprint density at radius 1 is 1.32 bits per heavy atom. The van der Waals surface area contributed by atoms with Crippen LogP contribution in [-0.2, 0) is 11.3 Å². The standard InChI is InChI=1S/C18H30N4O3/c1-13-10-21(11-14(2)25-13)18(3,4)12-20-9-15-6-7-16(19-5)17(8-15)22(23)24/h6-8,13-14,19-20H,9-12H2,1-5H3/t13-,14+. The van der Waals surface area contributed by atoms with Gasteiger partial charge in [0.2, 0.25) is 0 Å². The van der Waals surface area contributed by atoms with Crippen LogP contribution in [0.4, 0.5) is 11.4 Å². The van der Waals surface area contributed by atoms with Crippen LogP contribution >= 0.6 is 0 Å². The van der Waals surface area contributed by atoms with Crippen molar-refractivity contribution in [2.45, 2.75) is 52.0 Å². The topological polar surface area (TPSA) is 79.7 Å². The van der Waals surface area contributed by atoms with E-state index in [2.05, 4.69) is 43.2 Å². The van der Waals surface area contributed by atoms with Crippen molar-refractivity contribution >= 4 is 11.4 Å². The molecule has 0 unspecified atom stereocenters. The summed E-state index contributed by atoms with van der Waals surface area (Å²) in [7, 11) is 1.69. The highest BCUT2D eigenvalue weighted by molar-refractivity contribution is 5.62. The van der Waals surface area contributed by atoms with Gasteiger partial charge < -0.3 is 15.4 Å². The quantitative estimate of drug-likeness (QED) is 0.581. The van der Waals surface area contributed by atoms with E-state index in [9.17, 15) is 10.1 Å². The van der Waals surface area contributed by atoms with E-state index in [1.807, 2.05) is 6.07 Å². The van der Waals surface area contributed by atoms with Gasteiger partial charge in [0.25, 0.3) is 5.69 Å². The van der Waals surface area contributed by atoms with Crippen LogP contribution in [0, 0.1) is 10.1 Å². The van der Waals surface area contributed by atoms with Crippen molar-refractivity contribution in [2.75, 3.05) is 32.0 Å². The first-order valence-electron chi connectivity index (χ1n) is 8.79. The van der Waals surface area contributed by atoms with Crippen LogP contribution in [0.2, 0.25) is 0 Å². The SMILES string of the molecule is CNc1ccc(CNCC(C)(C)N2C[C@@H](C)O[C@@H](C)C2)cc1[N+](=O)[O-]. The van der Waals surface area contributed by atoms with Gasteiger partial charge in [0, 0.05) is 44.8 Å². The van der Waals surface area contributed by atoms with Crippen LogP contribution < -0.4 is 10.6 Å². The molecule has 2 rings (SSSR count). The summed E-state index contributed by atoms with van der Waals surface area (Å²) in [6.07, 6.45) is 0.472. The third-order valence-electron chi connectivity index (χ3n) is 4.69. The number of nitrogens with one attached hydrogen (secondary N) is 2. The summed E-state index contributed by atoms with van der Waals surface area (Å²) < 4.78 is 5.81.